The van der Waals surface area contributed by atoms with Gasteiger partial charge < -0.3 is 19.1 Å². The molecular weight excluding hydrogens is 510 g/mol. The van der Waals surface area contributed by atoms with Crippen LogP contribution in [0.3, 0.4) is 0 Å². The molecule has 0 aromatic heterocycles. The average molecular weight is 535 g/mol. The molecule has 35 heavy (non-hydrogen) atoms. The molecule has 1 saturated heterocycles. The third kappa shape index (κ3) is 7.00. The lowest BCUT2D eigenvalue weighted by Crippen LogP contribution is -2.44. The molecule has 1 aliphatic heterocycles. The first-order valence-electron chi connectivity index (χ1n) is 11.1. The second-order valence-electron chi connectivity index (χ2n) is 7.87. The summed E-state index contributed by atoms with van der Waals surface area (Å²) in [5, 5.41) is 3.49. The van der Waals surface area contributed by atoms with Crippen molar-refractivity contribution in [3.8, 4) is 11.5 Å². The summed E-state index contributed by atoms with van der Waals surface area (Å²) in [7, 11) is -4.15. The van der Waals surface area contributed by atoms with Crippen LogP contribution in [0.4, 0.5) is 0 Å². The second-order valence-corrected chi connectivity index (χ2v) is 10.7. The Morgan fingerprint density at radius 1 is 0.943 bits per heavy atom. The van der Waals surface area contributed by atoms with Gasteiger partial charge in [0.05, 0.1) is 19.8 Å². The highest BCUT2D eigenvalue weighted by Crippen LogP contribution is 2.59. The van der Waals surface area contributed by atoms with Crippen LogP contribution in [0, 0.1) is 0 Å². The van der Waals surface area contributed by atoms with Crippen molar-refractivity contribution in [2.45, 2.75) is 5.78 Å². The predicted molar refractivity (Wildman–Crippen MR) is 136 cm³/mol. The summed E-state index contributed by atoms with van der Waals surface area (Å²) >= 11 is 12.6. The molecule has 1 aliphatic rings. The van der Waals surface area contributed by atoms with Gasteiger partial charge in [-0.25, -0.2) is 4.57 Å². The number of hydrogen-bond acceptors (Lipinski definition) is 6. The first-order chi connectivity index (χ1) is 16.9. The molecule has 1 fully saturated rings. The molecule has 1 amide bonds. The Morgan fingerprint density at radius 2 is 1.51 bits per heavy atom. The van der Waals surface area contributed by atoms with E-state index in [9.17, 15) is 9.36 Å². The van der Waals surface area contributed by atoms with Crippen LogP contribution in [-0.4, -0.2) is 43.7 Å². The van der Waals surface area contributed by atoms with Crippen LogP contribution in [-0.2, 0) is 14.1 Å². The maximum absolute atomic E-state index is 14.5. The number of carbonyl (C=O) groups is 1. The van der Waals surface area contributed by atoms with E-state index in [1.807, 2.05) is 17.0 Å². The number of carbonyl (C=O) groups excluding carboxylic acids is 1. The Morgan fingerprint density at radius 3 is 2.06 bits per heavy atom. The molecular formula is C25H25Cl2N2O5P. The highest BCUT2D eigenvalue weighted by Gasteiger charge is 2.43. The van der Waals surface area contributed by atoms with Crippen molar-refractivity contribution in [1.82, 2.24) is 10.2 Å². The largest absolute Gasteiger partial charge is 0.457 e. The van der Waals surface area contributed by atoms with E-state index in [2.05, 4.69) is 5.32 Å². The number of para-hydroxylation sites is 2. The van der Waals surface area contributed by atoms with Gasteiger partial charge in [-0.1, -0.05) is 65.7 Å². The Hall–Kier alpha value is -2.54. The number of nitrogens with zero attached hydrogens (tertiary/aromatic N) is 1. The summed E-state index contributed by atoms with van der Waals surface area (Å²) in [5.41, 5.74) is 0.363. The molecule has 0 spiro atoms. The van der Waals surface area contributed by atoms with E-state index in [4.69, 9.17) is 37.0 Å². The van der Waals surface area contributed by atoms with Crippen LogP contribution in [0.25, 0.3) is 0 Å². The van der Waals surface area contributed by atoms with Crippen molar-refractivity contribution in [2.75, 3.05) is 32.8 Å². The van der Waals surface area contributed by atoms with Gasteiger partial charge in [-0.15, -0.1) is 0 Å². The monoisotopic (exact) mass is 534 g/mol. The topological polar surface area (TPSA) is 77.1 Å². The van der Waals surface area contributed by atoms with E-state index >= 15 is 0 Å². The van der Waals surface area contributed by atoms with Crippen LogP contribution < -0.4 is 14.4 Å². The van der Waals surface area contributed by atoms with Gasteiger partial charge in [0, 0.05) is 28.7 Å². The lowest BCUT2D eigenvalue weighted by Gasteiger charge is -2.30. The van der Waals surface area contributed by atoms with Gasteiger partial charge in [0.15, 0.2) is 5.78 Å². The minimum atomic E-state index is -4.15. The molecule has 1 atom stereocenters. The van der Waals surface area contributed by atoms with E-state index in [-0.39, 0.29) is 17.5 Å². The summed E-state index contributed by atoms with van der Waals surface area (Å²) in [6.07, 6.45) is 0. The molecule has 1 heterocycles. The highest BCUT2D eigenvalue weighted by molar-refractivity contribution is 7.55. The predicted octanol–water partition coefficient (Wildman–Crippen LogP) is 5.79. The van der Waals surface area contributed by atoms with Crippen LogP contribution >= 0.6 is 30.8 Å². The number of ether oxygens (including phenoxy) is 1. The molecule has 0 radical (unpaired) electrons. The summed E-state index contributed by atoms with van der Waals surface area (Å²) in [4.78, 5) is 15.1. The minimum Gasteiger partial charge on any atom is -0.414 e. The number of hydrogen-bond donors (Lipinski definition) is 1. The van der Waals surface area contributed by atoms with Crippen molar-refractivity contribution < 1.29 is 23.1 Å². The van der Waals surface area contributed by atoms with Crippen molar-refractivity contribution in [1.29, 1.82) is 0 Å². The van der Waals surface area contributed by atoms with E-state index in [0.717, 1.165) is 0 Å². The number of rotatable bonds is 9. The molecule has 4 rings (SSSR count). The van der Waals surface area contributed by atoms with Gasteiger partial charge in [0.1, 0.15) is 11.5 Å². The third-order valence-electron chi connectivity index (χ3n) is 5.29. The Bertz CT molecular complexity index is 1130. The molecule has 10 heteroatoms. The first kappa shape index (κ1) is 25.5. The zero-order valence-corrected chi connectivity index (χ0v) is 21.2. The number of benzene rings is 3. The lowest BCUT2D eigenvalue weighted by molar-refractivity contribution is -0.123. The molecule has 3 aromatic rings. The smallest absolute Gasteiger partial charge is 0.414 e. The zero-order valence-electron chi connectivity index (χ0n) is 18.8. The number of nitrogens with one attached hydrogen (secondary N) is 1. The van der Waals surface area contributed by atoms with E-state index in [1.54, 1.807) is 60.7 Å². The van der Waals surface area contributed by atoms with E-state index < -0.39 is 13.4 Å². The fourth-order valence-electron chi connectivity index (χ4n) is 3.59. The number of morpholine rings is 1. The Balaban J connectivity index is 1.72. The maximum atomic E-state index is 14.5. The fourth-order valence-corrected chi connectivity index (χ4v) is 6.13. The van der Waals surface area contributed by atoms with Crippen LogP contribution in [0.2, 0.25) is 10.0 Å². The second kappa shape index (κ2) is 11.9. The van der Waals surface area contributed by atoms with Gasteiger partial charge in [-0.3, -0.25) is 9.69 Å². The molecule has 0 saturated carbocycles. The highest BCUT2D eigenvalue weighted by atomic mass is 35.5. The molecule has 1 unspecified atom stereocenters. The third-order valence-corrected chi connectivity index (χ3v) is 7.83. The van der Waals surface area contributed by atoms with E-state index in [0.29, 0.717) is 48.4 Å². The lowest BCUT2D eigenvalue weighted by atomic mass is 10.2. The number of halogens is 2. The van der Waals surface area contributed by atoms with Crippen molar-refractivity contribution in [2.24, 2.45) is 0 Å². The normalized spacial score (nSPS) is 15.3. The van der Waals surface area contributed by atoms with Gasteiger partial charge in [-0.05, 0) is 36.4 Å². The molecule has 0 bridgehead atoms. The van der Waals surface area contributed by atoms with Crippen molar-refractivity contribution in [3.63, 3.8) is 0 Å². The van der Waals surface area contributed by atoms with E-state index in [1.165, 1.54) is 6.07 Å². The van der Waals surface area contributed by atoms with Gasteiger partial charge in [0.25, 0.3) is 0 Å². The van der Waals surface area contributed by atoms with Gasteiger partial charge >= 0.3 is 7.60 Å². The average Bonchev–Trinajstić information content (AvgIpc) is 2.85. The Kier molecular flexibility index (Phi) is 8.71. The van der Waals surface area contributed by atoms with Crippen molar-refractivity contribution in [3.05, 3.63) is 94.5 Å². The fraction of sp³-hybridized carbons (Fsp3) is 0.240. The Labute approximate surface area is 214 Å². The summed E-state index contributed by atoms with van der Waals surface area (Å²) in [6, 6.07) is 22.0. The maximum Gasteiger partial charge on any atom is 0.457 e. The molecule has 0 aliphatic carbocycles. The summed E-state index contributed by atoms with van der Waals surface area (Å²) < 4.78 is 31.9. The molecule has 7 nitrogen and oxygen atoms in total. The molecule has 184 valence electrons. The van der Waals surface area contributed by atoms with Gasteiger partial charge in [0.2, 0.25) is 5.91 Å². The van der Waals surface area contributed by atoms with Gasteiger partial charge in [-0.2, -0.15) is 0 Å². The van der Waals surface area contributed by atoms with Crippen molar-refractivity contribution >= 4 is 36.7 Å². The number of amides is 1. The quantitative estimate of drug-likeness (QED) is 0.350. The first-order valence-corrected chi connectivity index (χ1v) is 13.4. The SMILES string of the molecule is O=C(CN1CCOCC1)NC(c1ccc(Cl)cc1Cl)P(=O)(Oc1ccccc1)Oc1ccccc1. The minimum absolute atomic E-state index is 0.0990. The zero-order chi connectivity index (χ0) is 24.7. The summed E-state index contributed by atoms with van der Waals surface area (Å²) in [5.74, 6) is -0.911. The summed E-state index contributed by atoms with van der Waals surface area (Å²) in [6.45, 7) is 2.44. The van der Waals surface area contributed by atoms with Crippen LogP contribution in [0.5, 0.6) is 11.5 Å². The molecule has 3 aromatic carbocycles. The van der Waals surface area contributed by atoms with Crippen LogP contribution in [0.1, 0.15) is 11.3 Å². The van der Waals surface area contributed by atoms with Crippen LogP contribution in [0.15, 0.2) is 78.9 Å². The molecule has 1 N–H and O–H groups in total. The standard InChI is InChI=1S/C25H25Cl2N2O5P/c26-19-11-12-22(23(27)17-19)25(28-24(30)18-29-13-15-32-16-14-29)35(31,33-20-7-3-1-4-8-20)34-21-9-5-2-6-10-21/h1-12,17,25H,13-16,18H2,(H,28,30).